The zero-order valence-electron chi connectivity index (χ0n) is 17.9. The molecule has 8 heteroatoms. The molecule has 3 N–H and O–H groups in total. The molecule has 3 aliphatic rings. The van der Waals surface area contributed by atoms with Gasteiger partial charge in [-0.05, 0) is 57.2 Å². The summed E-state index contributed by atoms with van der Waals surface area (Å²) >= 11 is 0. The zero-order chi connectivity index (χ0) is 21.5. The normalized spacial score (nSPS) is 25.2. The van der Waals surface area contributed by atoms with Crippen LogP contribution in [0.15, 0.2) is 24.3 Å². The number of benzene rings is 1. The maximum atomic E-state index is 12.5. The van der Waals surface area contributed by atoms with Crippen molar-refractivity contribution in [1.82, 2.24) is 20.6 Å². The highest BCUT2D eigenvalue weighted by atomic mass is 16.2. The second-order valence-electron chi connectivity index (χ2n) is 8.79. The SMILES string of the molecule is C[C@@H]1CCC[C@H](C)N1c1nc2c(c(Nc3ccc([C@H]4CCNC4=O)cc3)n1)C(=O)NC2. The van der Waals surface area contributed by atoms with Crippen molar-refractivity contribution in [3.8, 4) is 0 Å². The summed E-state index contributed by atoms with van der Waals surface area (Å²) in [5, 5.41) is 9.08. The number of fused-ring (bicyclic) bond motifs is 1. The Morgan fingerprint density at radius 2 is 1.74 bits per heavy atom. The third-order valence-electron chi connectivity index (χ3n) is 6.66. The second-order valence-corrected chi connectivity index (χ2v) is 8.79. The summed E-state index contributed by atoms with van der Waals surface area (Å²) in [6.07, 6.45) is 4.25. The number of hydrogen-bond donors (Lipinski definition) is 3. The Balaban J connectivity index is 1.46. The van der Waals surface area contributed by atoms with Crippen molar-refractivity contribution in [2.24, 2.45) is 0 Å². The van der Waals surface area contributed by atoms with Crippen LogP contribution in [0.5, 0.6) is 0 Å². The molecule has 2 aromatic rings. The number of nitrogens with zero attached hydrogens (tertiary/aromatic N) is 3. The van der Waals surface area contributed by atoms with Gasteiger partial charge in [0.2, 0.25) is 11.9 Å². The molecule has 0 bridgehead atoms. The van der Waals surface area contributed by atoms with Gasteiger partial charge in [0.15, 0.2) is 0 Å². The largest absolute Gasteiger partial charge is 0.356 e. The lowest BCUT2D eigenvalue weighted by Crippen LogP contribution is -2.45. The number of piperidine rings is 1. The fraction of sp³-hybridized carbons (Fsp3) is 0.478. The summed E-state index contributed by atoms with van der Waals surface area (Å²) in [6.45, 7) is 5.56. The van der Waals surface area contributed by atoms with Gasteiger partial charge in [0.25, 0.3) is 5.91 Å². The van der Waals surface area contributed by atoms with E-state index in [0.717, 1.165) is 42.8 Å². The molecular formula is C23H28N6O2. The van der Waals surface area contributed by atoms with Gasteiger partial charge >= 0.3 is 0 Å². The van der Waals surface area contributed by atoms with Crippen molar-refractivity contribution < 1.29 is 9.59 Å². The first kappa shape index (κ1) is 19.8. The molecule has 5 rings (SSSR count). The zero-order valence-corrected chi connectivity index (χ0v) is 17.9. The number of carbonyl (C=O) groups excluding carboxylic acids is 2. The molecule has 2 saturated heterocycles. The molecular weight excluding hydrogens is 392 g/mol. The first-order chi connectivity index (χ1) is 15.0. The van der Waals surface area contributed by atoms with Crippen LogP contribution in [0.4, 0.5) is 17.5 Å². The highest BCUT2D eigenvalue weighted by Crippen LogP contribution is 2.32. The van der Waals surface area contributed by atoms with E-state index in [1.165, 1.54) is 6.42 Å². The van der Waals surface area contributed by atoms with Gasteiger partial charge in [0.1, 0.15) is 11.4 Å². The number of aromatic nitrogens is 2. The van der Waals surface area contributed by atoms with Crippen LogP contribution in [0.2, 0.25) is 0 Å². The summed E-state index contributed by atoms with van der Waals surface area (Å²) < 4.78 is 0. The Hall–Kier alpha value is -3.16. The molecule has 4 heterocycles. The van der Waals surface area contributed by atoms with E-state index >= 15 is 0 Å². The summed E-state index contributed by atoms with van der Waals surface area (Å²) in [5.41, 5.74) is 3.08. The Labute approximate surface area is 181 Å². The van der Waals surface area contributed by atoms with Gasteiger partial charge in [-0.25, -0.2) is 4.98 Å². The first-order valence-electron chi connectivity index (χ1n) is 11.1. The Morgan fingerprint density at radius 3 is 2.42 bits per heavy atom. The van der Waals surface area contributed by atoms with Crippen LogP contribution < -0.4 is 20.9 Å². The van der Waals surface area contributed by atoms with Crippen LogP contribution in [-0.4, -0.2) is 40.4 Å². The number of rotatable bonds is 4. The Bertz CT molecular complexity index is 1010. The van der Waals surface area contributed by atoms with Crippen molar-refractivity contribution in [3.05, 3.63) is 41.1 Å². The predicted molar refractivity (Wildman–Crippen MR) is 119 cm³/mol. The maximum absolute atomic E-state index is 12.5. The van der Waals surface area contributed by atoms with Crippen LogP contribution in [0.25, 0.3) is 0 Å². The van der Waals surface area contributed by atoms with E-state index in [1.54, 1.807) is 0 Å². The molecule has 2 amide bonds. The third kappa shape index (κ3) is 3.60. The molecule has 2 fully saturated rings. The number of carbonyl (C=O) groups is 2. The van der Waals surface area contributed by atoms with E-state index in [1.807, 2.05) is 24.3 Å². The van der Waals surface area contributed by atoms with Crippen molar-refractivity contribution in [2.75, 3.05) is 16.8 Å². The van der Waals surface area contributed by atoms with Gasteiger partial charge < -0.3 is 20.9 Å². The lowest BCUT2D eigenvalue weighted by atomic mass is 9.97. The molecule has 31 heavy (non-hydrogen) atoms. The predicted octanol–water partition coefficient (Wildman–Crippen LogP) is 2.83. The van der Waals surface area contributed by atoms with Crippen molar-refractivity contribution in [1.29, 1.82) is 0 Å². The molecule has 3 aliphatic heterocycles. The fourth-order valence-electron chi connectivity index (χ4n) is 4.98. The van der Waals surface area contributed by atoms with E-state index in [4.69, 9.17) is 9.97 Å². The lowest BCUT2D eigenvalue weighted by molar-refractivity contribution is -0.120. The van der Waals surface area contributed by atoms with E-state index in [0.29, 0.717) is 36.0 Å². The standard InChI is InChI=1S/C23H28N6O2/c1-13-4-3-5-14(2)29(13)23-27-18-12-25-22(31)19(18)20(28-23)26-16-8-6-15(7-9-16)17-10-11-24-21(17)30/h6-9,13-14,17H,3-5,10-12H2,1-2H3,(H,24,30)(H,25,31)(H,26,27,28)/t13-,14+,17-/m1/s1. The molecule has 0 saturated carbocycles. The lowest BCUT2D eigenvalue weighted by Gasteiger charge is -2.39. The highest BCUT2D eigenvalue weighted by molar-refractivity contribution is 6.03. The van der Waals surface area contributed by atoms with Crippen LogP contribution >= 0.6 is 0 Å². The number of hydrogen-bond acceptors (Lipinski definition) is 6. The van der Waals surface area contributed by atoms with Gasteiger partial charge in [0.05, 0.1) is 18.2 Å². The van der Waals surface area contributed by atoms with Crippen molar-refractivity contribution in [3.63, 3.8) is 0 Å². The third-order valence-corrected chi connectivity index (χ3v) is 6.66. The molecule has 8 nitrogen and oxygen atoms in total. The van der Waals surface area contributed by atoms with Gasteiger partial charge in [-0.3, -0.25) is 9.59 Å². The highest BCUT2D eigenvalue weighted by Gasteiger charge is 2.32. The average Bonchev–Trinajstić information content (AvgIpc) is 3.34. The van der Waals surface area contributed by atoms with E-state index in [2.05, 4.69) is 34.7 Å². The van der Waals surface area contributed by atoms with Gasteiger partial charge in [0, 0.05) is 24.3 Å². The summed E-state index contributed by atoms with van der Waals surface area (Å²) in [5.74, 6) is 1.06. The van der Waals surface area contributed by atoms with Crippen molar-refractivity contribution in [2.45, 2.75) is 64.1 Å². The minimum absolute atomic E-state index is 0.0837. The molecule has 1 aromatic heterocycles. The Kier molecular flexibility index (Phi) is 5.00. The maximum Gasteiger partial charge on any atom is 0.257 e. The van der Waals surface area contributed by atoms with Crippen LogP contribution in [-0.2, 0) is 11.3 Å². The fourth-order valence-corrected chi connectivity index (χ4v) is 4.98. The molecule has 162 valence electrons. The first-order valence-corrected chi connectivity index (χ1v) is 11.1. The van der Waals surface area contributed by atoms with Crippen LogP contribution in [0.3, 0.4) is 0 Å². The number of amides is 2. The molecule has 0 aliphatic carbocycles. The topological polar surface area (TPSA) is 99.2 Å². The molecule has 0 unspecified atom stereocenters. The van der Waals surface area contributed by atoms with E-state index < -0.39 is 0 Å². The van der Waals surface area contributed by atoms with Gasteiger partial charge in [-0.1, -0.05) is 12.1 Å². The van der Waals surface area contributed by atoms with Gasteiger partial charge in [-0.2, -0.15) is 4.98 Å². The monoisotopic (exact) mass is 420 g/mol. The molecule has 0 spiro atoms. The summed E-state index contributed by atoms with van der Waals surface area (Å²) in [4.78, 5) is 36.3. The second kappa shape index (κ2) is 7.83. The van der Waals surface area contributed by atoms with Gasteiger partial charge in [-0.15, -0.1) is 0 Å². The van der Waals surface area contributed by atoms with Crippen LogP contribution in [0, 0.1) is 0 Å². The molecule has 3 atom stereocenters. The smallest absolute Gasteiger partial charge is 0.257 e. The average molecular weight is 421 g/mol. The van der Waals surface area contributed by atoms with Crippen molar-refractivity contribution >= 4 is 29.3 Å². The molecule has 1 aromatic carbocycles. The van der Waals surface area contributed by atoms with E-state index in [9.17, 15) is 9.59 Å². The number of nitrogens with one attached hydrogen (secondary N) is 3. The quantitative estimate of drug-likeness (QED) is 0.703. The number of anilines is 3. The minimum atomic E-state index is -0.150. The molecule has 0 radical (unpaired) electrons. The van der Waals surface area contributed by atoms with Crippen LogP contribution in [0.1, 0.15) is 67.1 Å². The van der Waals surface area contributed by atoms with E-state index in [-0.39, 0.29) is 17.7 Å². The summed E-state index contributed by atoms with van der Waals surface area (Å²) in [6, 6.07) is 8.53. The Morgan fingerprint density at radius 1 is 1.00 bits per heavy atom. The minimum Gasteiger partial charge on any atom is -0.356 e. The summed E-state index contributed by atoms with van der Waals surface area (Å²) in [7, 11) is 0.